The van der Waals surface area contributed by atoms with Crippen molar-refractivity contribution < 1.29 is 14.6 Å². The molecule has 0 aliphatic carbocycles. The quantitative estimate of drug-likeness (QED) is 0.540. The van der Waals surface area contributed by atoms with E-state index in [1.165, 1.54) is 0 Å². The average molecular weight is 360 g/mol. The van der Waals surface area contributed by atoms with E-state index in [1.54, 1.807) is 19.6 Å². The van der Waals surface area contributed by atoms with Gasteiger partial charge in [0.25, 0.3) is 0 Å². The SMILES string of the molecule is COc1cc2cc(C(O)c3c[nH]cn3)ccc2cc1OCc1ccccc1. The van der Waals surface area contributed by atoms with Gasteiger partial charge in [0.15, 0.2) is 11.5 Å². The number of imidazole rings is 1. The summed E-state index contributed by atoms with van der Waals surface area (Å²) in [5, 5.41) is 12.5. The fraction of sp³-hybridized carbons (Fsp3) is 0.136. The van der Waals surface area contributed by atoms with Gasteiger partial charge in [0.1, 0.15) is 12.7 Å². The summed E-state index contributed by atoms with van der Waals surface area (Å²) in [6.07, 6.45) is 2.47. The number of aromatic nitrogens is 2. The number of aliphatic hydroxyl groups excluding tert-OH is 1. The second kappa shape index (κ2) is 7.51. The van der Waals surface area contributed by atoms with Crippen molar-refractivity contribution in [2.75, 3.05) is 7.11 Å². The first-order valence-electron chi connectivity index (χ1n) is 8.70. The molecule has 0 radical (unpaired) electrons. The number of aliphatic hydroxyl groups is 1. The lowest BCUT2D eigenvalue weighted by molar-refractivity contribution is 0.216. The molecule has 0 aliphatic heterocycles. The van der Waals surface area contributed by atoms with E-state index in [-0.39, 0.29) is 0 Å². The van der Waals surface area contributed by atoms with Crippen molar-refractivity contribution >= 4 is 10.8 Å². The second-order valence-electron chi connectivity index (χ2n) is 6.28. The van der Waals surface area contributed by atoms with Gasteiger partial charge in [-0.15, -0.1) is 0 Å². The highest BCUT2D eigenvalue weighted by atomic mass is 16.5. The van der Waals surface area contributed by atoms with E-state index in [4.69, 9.17) is 9.47 Å². The van der Waals surface area contributed by atoms with Crippen LogP contribution in [0.5, 0.6) is 11.5 Å². The molecule has 0 aliphatic rings. The molecule has 1 heterocycles. The van der Waals surface area contributed by atoms with Gasteiger partial charge in [-0.1, -0.05) is 42.5 Å². The first-order chi connectivity index (χ1) is 13.2. The highest BCUT2D eigenvalue weighted by Crippen LogP contribution is 2.34. The molecule has 4 rings (SSSR count). The van der Waals surface area contributed by atoms with Gasteiger partial charge >= 0.3 is 0 Å². The minimum absolute atomic E-state index is 0.471. The predicted molar refractivity (Wildman–Crippen MR) is 104 cm³/mol. The zero-order chi connectivity index (χ0) is 18.6. The summed E-state index contributed by atoms with van der Waals surface area (Å²) in [6, 6.07) is 19.7. The van der Waals surface area contributed by atoms with Crippen LogP contribution < -0.4 is 9.47 Å². The summed E-state index contributed by atoms with van der Waals surface area (Å²) in [5.74, 6) is 1.35. The van der Waals surface area contributed by atoms with Crippen LogP contribution in [0.3, 0.4) is 0 Å². The number of nitrogens with one attached hydrogen (secondary N) is 1. The summed E-state index contributed by atoms with van der Waals surface area (Å²) in [7, 11) is 1.62. The van der Waals surface area contributed by atoms with Crippen molar-refractivity contribution in [2.45, 2.75) is 12.7 Å². The predicted octanol–water partition coefficient (Wildman–Crippen LogP) is 4.23. The normalized spacial score (nSPS) is 12.1. The van der Waals surface area contributed by atoms with E-state index in [2.05, 4.69) is 9.97 Å². The van der Waals surface area contributed by atoms with Crippen molar-refractivity contribution in [3.8, 4) is 11.5 Å². The monoisotopic (exact) mass is 360 g/mol. The van der Waals surface area contributed by atoms with Crippen molar-refractivity contribution in [1.29, 1.82) is 0 Å². The van der Waals surface area contributed by atoms with Crippen LogP contribution in [0.25, 0.3) is 10.8 Å². The van der Waals surface area contributed by atoms with Gasteiger partial charge in [0.05, 0.1) is 19.1 Å². The molecule has 4 aromatic rings. The van der Waals surface area contributed by atoms with Crippen LogP contribution in [-0.2, 0) is 6.61 Å². The Hall–Kier alpha value is -3.31. The van der Waals surface area contributed by atoms with E-state index >= 15 is 0 Å². The second-order valence-corrected chi connectivity index (χ2v) is 6.28. The smallest absolute Gasteiger partial charge is 0.162 e. The van der Waals surface area contributed by atoms with E-state index in [9.17, 15) is 5.11 Å². The van der Waals surface area contributed by atoms with Crippen LogP contribution in [-0.4, -0.2) is 22.2 Å². The molecule has 0 amide bonds. The molecule has 136 valence electrons. The molecule has 5 heteroatoms. The Bertz CT molecular complexity index is 1030. The lowest BCUT2D eigenvalue weighted by Gasteiger charge is -2.14. The molecule has 0 bridgehead atoms. The number of hydrogen-bond donors (Lipinski definition) is 2. The van der Waals surface area contributed by atoms with E-state index in [0.29, 0.717) is 23.8 Å². The number of fused-ring (bicyclic) bond motifs is 1. The molecule has 0 spiro atoms. The highest BCUT2D eigenvalue weighted by molar-refractivity contribution is 5.87. The Balaban J connectivity index is 1.63. The van der Waals surface area contributed by atoms with Gasteiger partial charge in [-0.2, -0.15) is 0 Å². The van der Waals surface area contributed by atoms with Crippen molar-refractivity contribution in [3.05, 3.63) is 90.0 Å². The molecular weight excluding hydrogens is 340 g/mol. The standard InChI is InChI=1S/C22H20N2O3/c1-26-20-11-18-9-17(22(25)19-12-23-14-24-19)8-7-16(18)10-21(20)27-13-15-5-3-2-4-6-15/h2-12,14,22,25H,13H2,1H3,(H,23,24). The van der Waals surface area contributed by atoms with Crippen LogP contribution in [0.15, 0.2) is 73.2 Å². The Morgan fingerprint density at radius 3 is 2.56 bits per heavy atom. The van der Waals surface area contributed by atoms with Crippen LogP contribution in [0, 0.1) is 0 Å². The summed E-state index contributed by atoms with van der Waals surface area (Å²) in [5.41, 5.74) is 2.45. The third-order valence-electron chi connectivity index (χ3n) is 4.50. The maximum Gasteiger partial charge on any atom is 0.162 e. The number of aromatic amines is 1. The molecule has 3 aromatic carbocycles. The third-order valence-corrected chi connectivity index (χ3v) is 4.50. The van der Waals surface area contributed by atoms with E-state index < -0.39 is 6.10 Å². The zero-order valence-electron chi connectivity index (χ0n) is 14.9. The lowest BCUT2D eigenvalue weighted by atomic mass is 10.0. The minimum atomic E-state index is -0.777. The van der Waals surface area contributed by atoms with Gasteiger partial charge < -0.3 is 19.6 Å². The first kappa shape index (κ1) is 17.1. The fourth-order valence-electron chi connectivity index (χ4n) is 3.04. The Morgan fingerprint density at radius 2 is 1.81 bits per heavy atom. The Labute approximate surface area is 157 Å². The summed E-state index contributed by atoms with van der Waals surface area (Å²) in [4.78, 5) is 6.99. The Morgan fingerprint density at radius 1 is 1.00 bits per heavy atom. The number of hydrogen-bond acceptors (Lipinski definition) is 4. The largest absolute Gasteiger partial charge is 0.493 e. The maximum atomic E-state index is 10.5. The maximum absolute atomic E-state index is 10.5. The number of H-pyrrole nitrogens is 1. The number of ether oxygens (including phenoxy) is 2. The van der Waals surface area contributed by atoms with Crippen LogP contribution in [0.2, 0.25) is 0 Å². The van der Waals surface area contributed by atoms with Crippen LogP contribution in [0.1, 0.15) is 22.9 Å². The first-order valence-corrected chi connectivity index (χ1v) is 8.70. The van der Waals surface area contributed by atoms with Crippen LogP contribution >= 0.6 is 0 Å². The molecule has 1 unspecified atom stereocenters. The highest BCUT2D eigenvalue weighted by Gasteiger charge is 2.14. The molecule has 1 atom stereocenters. The summed E-state index contributed by atoms with van der Waals surface area (Å²) in [6.45, 7) is 0.471. The number of benzene rings is 3. The molecule has 0 fully saturated rings. The van der Waals surface area contributed by atoms with E-state index in [0.717, 1.165) is 21.9 Å². The van der Waals surface area contributed by atoms with Gasteiger partial charge in [-0.05, 0) is 40.1 Å². The molecule has 0 saturated heterocycles. The molecule has 0 saturated carbocycles. The number of methoxy groups -OCH3 is 1. The molecule has 2 N–H and O–H groups in total. The van der Waals surface area contributed by atoms with Gasteiger partial charge in [-0.3, -0.25) is 0 Å². The third kappa shape index (κ3) is 3.64. The summed E-state index contributed by atoms with van der Waals surface area (Å²) >= 11 is 0. The van der Waals surface area contributed by atoms with Gasteiger partial charge in [0, 0.05) is 6.20 Å². The van der Waals surface area contributed by atoms with Gasteiger partial charge in [0.2, 0.25) is 0 Å². The zero-order valence-corrected chi connectivity index (χ0v) is 14.9. The molecular formula is C22H20N2O3. The summed E-state index contributed by atoms with van der Waals surface area (Å²) < 4.78 is 11.5. The lowest BCUT2D eigenvalue weighted by Crippen LogP contribution is -2.00. The average Bonchev–Trinajstić information content (AvgIpc) is 3.26. The van der Waals surface area contributed by atoms with Crippen LogP contribution in [0.4, 0.5) is 0 Å². The van der Waals surface area contributed by atoms with Crippen molar-refractivity contribution in [2.24, 2.45) is 0 Å². The molecule has 1 aromatic heterocycles. The van der Waals surface area contributed by atoms with E-state index in [1.807, 2.05) is 60.7 Å². The molecule has 27 heavy (non-hydrogen) atoms. The van der Waals surface area contributed by atoms with Gasteiger partial charge in [-0.25, -0.2) is 4.98 Å². The van der Waals surface area contributed by atoms with Crippen molar-refractivity contribution in [3.63, 3.8) is 0 Å². The number of nitrogens with zero attached hydrogens (tertiary/aromatic N) is 1. The molecule has 5 nitrogen and oxygen atoms in total. The fourth-order valence-corrected chi connectivity index (χ4v) is 3.04. The Kier molecular flexibility index (Phi) is 4.77. The topological polar surface area (TPSA) is 67.4 Å². The minimum Gasteiger partial charge on any atom is -0.493 e. The number of rotatable bonds is 6. The van der Waals surface area contributed by atoms with Crippen molar-refractivity contribution in [1.82, 2.24) is 9.97 Å².